The van der Waals surface area contributed by atoms with Gasteiger partial charge in [0.2, 0.25) is 11.8 Å². The van der Waals surface area contributed by atoms with Gasteiger partial charge in [0.25, 0.3) is 5.91 Å². The Labute approximate surface area is 345 Å². The molecular formula is C45H55N9O5. The van der Waals surface area contributed by atoms with Gasteiger partial charge in [-0.2, -0.15) is 0 Å². The Morgan fingerprint density at radius 3 is 2.32 bits per heavy atom. The third-order valence-electron chi connectivity index (χ3n) is 12.5. The number of aryl methyl sites for hydroxylation is 1. The van der Waals surface area contributed by atoms with E-state index in [1.807, 2.05) is 71.2 Å². The summed E-state index contributed by atoms with van der Waals surface area (Å²) >= 11 is 0. The number of urea groups is 1. The first-order valence-corrected chi connectivity index (χ1v) is 20.7. The molecule has 4 aromatic rings. The predicted molar refractivity (Wildman–Crippen MR) is 225 cm³/mol. The van der Waals surface area contributed by atoms with Crippen molar-refractivity contribution in [3.05, 3.63) is 114 Å². The first-order valence-electron chi connectivity index (χ1n) is 20.7. The second-order valence-electron chi connectivity index (χ2n) is 16.3. The smallest absolute Gasteiger partial charge is 0.334 e. The summed E-state index contributed by atoms with van der Waals surface area (Å²) in [4.78, 5) is 67.4. The summed E-state index contributed by atoms with van der Waals surface area (Å²) in [6.45, 7) is 9.90. The van der Waals surface area contributed by atoms with Crippen molar-refractivity contribution >= 4 is 34.7 Å². The molecule has 0 unspecified atom stereocenters. The van der Waals surface area contributed by atoms with E-state index in [1.165, 1.54) is 0 Å². The minimum atomic E-state index is -0.918. The highest BCUT2D eigenvalue weighted by Gasteiger charge is 2.51. The van der Waals surface area contributed by atoms with Gasteiger partial charge in [0.05, 0.1) is 24.2 Å². The molecule has 8 rings (SSSR count). The number of phenolic OH excluding ortho intramolecular Hbond substituents is 1. The zero-order valence-electron chi connectivity index (χ0n) is 34.1. The van der Waals surface area contributed by atoms with E-state index >= 15 is 0 Å². The van der Waals surface area contributed by atoms with E-state index in [2.05, 4.69) is 28.7 Å². The Bertz CT molecular complexity index is 2180. The minimum Gasteiger partial charge on any atom is -0.508 e. The number of likely N-dealkylation sites (tertiary alicyclic amines) is 1. The van der Waals surface area contributed by atoms with Crippen molar-refractivity contribution in [3.63, 3.8) is 0 Å². The number of para-hydroxylation sites is 1. The molecule has 0 aliphatic carbocycles. The highest BCUT2D eigenvalue weighted by Crippen LogP contribution is 2.32. The SMILES string of the molecule is C=CCN1CC(=O)N2[C@@H](Cc3ccc(O)cc3)C(=O)N(Cc3cccc4c(C(=O)N5CCN(C6CCN(C)CC6)CC5)cn(C)c34)C[C@@H]2N1C(=O)NCc1ccccc1. The summed E-state index contributed by atoms with van der Waals surface area (Å²) in [5, 5.41) is 17.1. The molecule has 2 N–H and O–H groups in total. The van der Waals surface area contributed by atoms with Crippen molar-refractivity contribution in [1.82, 2.24) is 44.4 Å². The fourth-order valence-corrected chi connectivity index (χ4v) is 9.43. The quantitative estimate of drug-likeness (QED) is 0.234. The summed E-state index contributed by atoms with van der Waals surface area (Å²) in [6, 6.07) is 21.4. The largest absolute Gasteiger partial charge is 0.508 e. The van der Waals surface area contributed by atoms with Gasteiger partial charge in [0.1, 0.15) is 18.0 Å². The molecule has 3 aromatic carbocycles. The van der Waals surface area contributed by atoms with Crippen molar-refractivity contribution in [2.75, 3.05) is 66.0 Å². The average molecular weight is 802 g/mol. The molecule has 59 heavy (non-hydrogen) atoms. The van der Waals surface area contributed by atoms with Crippen LogP contribution >= 0.6 is 0 Å². The number of nitrogens with zero attached hydrogens (tertiary/aromatic N) is 8. The lowest BCUT2D eigenvalue weighted by Crippen LogP contribution is -2.76. The van der Waals surface area contributed by atoms with Crippen LogP contribution in [0, 0.1) is 0 Å². The van der Waals surface area contributed by atoms with Crippen LogP contribution < -0.4 is 5.32 Å². The maximum absolute atomic E-state index is 14.8. The Kier molecular flexibility index (Phi) is 11.7. The van der Waals surface area contributed by atoms with Crippen molar-refractivity contribution in [1.29, 1.82) is 0 Å². The van der Waals surface area contributed by atoms with Crippen LogP contribution in [0.5, 0.6) is 5.75 Å². The van der Waals surface area contributed by atoms with E-state index in [9.17, 15) is 24.3 Å². The first-order chi connectivity index (χ1) is 28.6. The number of hydrazine groups is 1. The van der Waals surface area contributed by atoms with Gasteiger partial charge >= 0.3 is 6.03 Å². The number of rotatable bonds is 10. The maximum Gasteiger partial charge on any atom is 0.334 e. The number of phenols is 1. The van der Waals surface area contributed by atoms with E-state index in [-0.39, 0.29) is 62.6 Å². The highest BCUT2D eigenvalue weighted by atomic mass is 16.3. The number of aromatic hydroxyl groups is 1. The summed E-state index contributed by atoms with van der Waals surface area (Å²) < 4.78 is 1.97. The van der Waals surface area contributed by atoms with Crippen molar-refractivity contribution in [3.8, 4) is 5.75 Å². The lowest BCUT2D eigenvalue weighted by Gasteiger charge is -2.55. The summed E-state index contributed by atoms with van der Waals surface area (Å²) in [6.07, 6.45) is 5.26. The summed E-state index contributed by atoms with van der Waals surface area (Å²) in [5.41, 5.74) is 4.04. The molecule has 0 spiro atoms. The fourth-order valence-electron chi connectivity index (χ4n) is 9.43. The molecule has 0 saturated carbocycles. The number of aromatic nitrogens is 1. The molecule has 4 fully saturated rings. The number of fused-ring (bicyclic) bond motifs is 2. The molecule has 5 amide bonds. The topological polar surface area (TPSA) is 128 Å². The molecule has 4 aliphatic rings. The van der Waals surface area contributed by atoms with Gasteiger partial charge in [0.15, 0.2) is 0 Å². The number of carbonyl (C=O) groups excluding carboxylic acids is 4. The third-order valence-corrected chi connectivity index (χ3v) is 12.5. The standard InChI is InChI=1S/C45H55N9O5/c1-4-19-52-31-41(56)53-39(26-32-13-15-36(55)16-14-32)44(58)51(30-40(53)54(52)45(59)46-27-33-9-6-5-7-10-33)28-34-11-8-12-37-38(29-48(3)42(34)37)43(57)50-24-22-49(23-25-50)35-17-20-47(2)21-18-35/h4-16,29,35,39-40,55H,1,17-28,30-31H2,2-3H3,(H,46,59)/t39-,40-/m0/s1. The molecule has 1 aromatic heterocycles. The number of hydrogen-bond acceptors (Lipinski definition) is 8. The predicted octanol–water partition coefficient (Wildman–Crippen LogP) is 3.47. The number of amides is 5. The van der Waals surface area contributed by atoms with E-state index in [4.69, 9.17) is 0 Å². The van der Waals surface area contributed by atoms with Crippen molar-refractivity contribution < 1.29 is 24.3 Å². The normalized spacial score (nSPS) is 21.3. The zero-order chi connectivity index (χ0) is 41.2. The highest BCUT2D eigenvalue weighted by molar-refractivity contribution is 6.07. The Morgan fingerprint density at radius 2 is 1.61 bits per heavy atom. The first kappa shape index (κ1) is 40.1. The second-order valence-corrected chi connectivity index (χ2v) is 16.3. The van der Waals surface area contributed by atoms with Crippen LogP contribution in [0.1, 0.15) is 39.9 Å². The Morgan fingerprint density at radius 1 is 0.881 bits per heavy atom. The molecule has 4 aliphatic heterocycles. The molecule has 14 heteroatoms. The second kappa shape index (κ2) is 17.3. The number of benzene rings is 3. The van der Waals surface area contributed by atoms with Gasteiger partial charge in [0, 0.05) is 76.9 Å². The van der Waals surface area contributed by atoms with E-state index in [0.717, 1.165) is 66.6 Å². The van der Waals surface area contributed by atoms with Gasteiger partial charge in [-0.1, -0.05) is 66.7 Å². The number of piperazine rings is 2. The van der Waals surface area contributed by atoms with E-state index in [0.29, 0.717) is 24.7 Å². The number of piperidine rings is 1. The van der Waals surface area contributed by atoms with E-state index in [1.54, 1.807) is 50.2 Å². The molecule has 0 bridgehead atoms. The van der Waals surface area contributed by atoms with Crippen LogP contribution in [-0.2, 0) is 36.1 Å². The van der Waals surface area contributed by atoms with Gasteiger partial charge in [-0.05, 0) is 61.8 Å². The molecular weight excluding hydrogens is 747 g/mol. The van der Waals surface area contributed by atoms with Gasteiger partial charge < -0.3 is 34.6 Å². The van der Waals surface area contributed by atoms with Crippen LogP contribution in [-0.4, -0.2) is 152 Å². The van der Waals surface area contributed by atoms with Crippen LogP contribution in [0.25, 0.3) is 10.9 Å². The Hall–Kier alpha value is -5.70. The lowest BCUT2D eigenvalue weighted by atomic mass is 9.98. The molecule has 4 saturated heterocycles. The average Bonchev–Trinajstić information content (AvgIpc) is 3.59. The van der Waals surface area contributed by atoms with E-state index < -0.39 is 18.2 Å². The molecule has 2 atom stereocenters. The third kappa shape index (κ3) is 8.30. The minimum absolute atomic E-state index is 0.00890. The summed E-state index contributed by atoms with van der Waals surface area (Å²) in [5.74, 6) is -0.397. The number of carbonyl (C=O) groups is 4. The van der Waals surface area contributed by atoms with Crippen LogP contribution in [0.4, 0.5) is 4.79 Å². The lowest BCUT2D eigenvalue weighted by molar-refractivity contribution is -0.189. The van der Waals surface area contributed by atoms with Gasteiger partial charge in [-0.15, -0.1) is 6.58 Å². The van der Waals surface area contributed by atoms with Crippen LogP contribution in [0.15, 0.2) is 91.6 Å². The van der Waals surface area contributed by atoms with Gasteiger partial charge in [-0.3, -0.25) is 19.3 Å². The van der Waals surface area contributed by atoms with Gasteiger partial charge in [-0.25, -0.2) is 14.8 Å². The Balaban J connectivity index is 1.07. The van der Waals surface area contributed by atoms with Crippen LogP contribution in [0.2, 0.25) is 0 Å². The van der Waals surface area contributed by atoms with Crippen LogP contribution in [0.3, 0.4) is 0 Å². The molecule has 310 valence electrons. The number of nitrogens with one attached hydrogen (secondary N) is 1. The maximum atomic E-state index is 14.8. The summed E-state index contributed by atoms with van der Waals surface area (Å²) in [7, 11) is 4.11. The number of hydrogen-bond donors (Lipinski definition) is 2. The molecule has 0 radical (unpaired) electrons. The monoisotopic (exact) mass is 801 g/mol. The zero-order valence-corrected chi connectivity index (χ0v) is 34.1. The van der Waals surface area contributed by atoms with Crippen molar-refractivity contribution in [2.24, 2.45) is 7.05 Å². The van der Waals surface area contributed by atoms with Crippen molar-refractivity contribution in [2.45, 2.75) is 50.6 Å². The molecule has 14 nitrogen and oxygen atoms in total. The molecule has 5 heterocycles. The fraction of sp³-hybridized carbons (Fsp3) is 0.422.